The summed E-state index contributed by atoms with van der Waals surface area (Å²) in [6.07, 6.45) is 5.07. The molecule has 20 heavy (non-hydrogen) atoms. The summed E-state index contributed by atoms with van der Waals surface area (Å²) in [5, 5.41) is 14.1. The molecule has 0 aliphatic carbocycles. The molecule has 1 aromatic heterocycles. The molecule has 1 aliphatic heterocycles. The Morgan fingerprint density at radius 1 is 1.55 bits per heavy atom. The van der Waals surface area contributed by atoms with E-state index in [1.54, 1.807) is 12.3 Å². The Balaban J connectivity index is 2.20. The zero-order valence-corrected chi connectivity index (χ0v) is 12.1. The molecule has 0 saturated carbocycles. The van der Waals surface area contributed by atoms with E-state index < -0.39 is 4.92 Å². The van der Waals surface area contributed by atoms with E-state index in [4.69, 9.17) is 0 Å². The van der Waals surface area contributed by atoms with Crippen molar-refractivity contribution in [3.8, 4) is 0 Å². The number of unbranched alkanes of at least 4 members (excludes halogenated alkanes) is 1. The van der Waals surface area contributed by atoms with Crippen molar-refractivity contribution in [1.29, 1.82) is 0 Å². The van der Waals surface area contributed by atoms with Crippen LogP contribution in [0.15, 0.2) is 18.3 Å². The maximum Gasteiger partial charge on any atom is 0.363 e. The fourth-order valence-electron chi connectivity index (χ4n) is 2.78. The first kappa shape index (κ1) is 14.7. The van der Waals surface area contributed by atoms with Crippen molar-refractivity contribution in [3.63, 3.8) is 0 Å². The van der Waals surface area contributed by atoms with Gasteiger partial charge in [-0.3, -0.25) is 0 Å². The topological polar surface area (TPSA) is 71.3 Å². The third-order valence-electron chi connectivity index (χ3n) is 3.97. The number of nitro groups is 1. The number of pyridine rings is 1. The molecule has 110 valence electrons. The third kappa shape index (κ3) is 3.07. The van der Waals surface area contributed by atoms with E-state index in [1.807, 2.05) is 0 Å². The fraction of sp³-hybridized carbons (Fsp3) is 0.643. The van der Waals surface area contributed by atoms with E-state index in [-0.39, 0.29) is 11.4 Å². The van der Waals surface area contributed by atoms with Crippen LogP contribution in [0.4, 0.5) is 11.5 Å². The molecule has 2 heterocycles. The van der Waals surface area contributed by atoms with Gasteiger partial charge >= 0.3 is 5.82 Å². The van der Waals surface area contributed by atoms with Gasteiger partial charge in [-0.2, -0.15) is 0 Å². The lowest BCUT2D eigenvalue weighted by molar-refractivity contribution is -0.389. The number of nitrogens with zero attached hydrogens (tertiary/aromatic N) is 3. The van der Waals surface area contributed by atoms with Crippen molar-refractivity contribution >= 4 is 11.5 Å². The van der Waals surface area contributed by atoms with E-state index in [1.165, 1.54) is 18.9 Å². The lowest BCUT2D eigenvalue weighted by Gasteiger charge is -2.46. The van der Waals surface area contributed by atoms with Crippen LogP contribution < -0.4 is 10.2 Å². The number of anilines is 1. The molecule has 1 saturated heterocycles. The Morgan fingerprint density at radius 2 is 2.35 bits per heavy atom. The summed E-state index contributed by atoms with van der Waals surface area (Å²) < 4.78 is 0. The molecule has 0 amide bonds. The quantitative estimate of drug-likeness (QED) is 0.661. The molecular weight excluding hydrogens is 256 g/mol. The van der Waals surface area contributed by atoms with Crippen molar-refractivity contribution in [2.45, 2.75) is 38.6 Å². The number of aromatic nitrogens is 1. The highest BCUT2D eigenvalue weighted by molar-refractivity contribution is 5.50. The summed E-state index contributed by atoms with van der Waals surface area (Å²) in [5.74, 6) is -0.0980. The number of hydrogen-bond donors (Lipinski definition) is 1. The average molecular weight is 278 g/mol. The number of piperazine rings is 1. The van der Waals surface area contributed by atoms with Crippen molar-refractivity contribution in [2.75, 3.05) is 24.5 Å². The molecule has 0 bridgehead atoms. The molecule has 2 rings (SSSR count). The van der Waals surface area contributed by atoms with Crippen LogP contribution in [0.25, 0.3) is 0 Å². The van der Waals surface area contributed by atoms with Gasteiger partial charge in [-0.1, -0.05) is 19.8 Å². The second-order valence-corrected chi connectivity index (χ2v) is 5.56. The number of nitrogens with one attached hydrogen (secondary N) is 1. The van der Waals surface area contributed by atoms with E-state index >= 15 is 0 Å². The van der Waals surface area contributed by atoms with E-state index in [9.17, 15) is 10.1 Å². The molecule has 1 N–H and O–H groups in total. The van der Waals surface area contributed by atoms with Crippen LogP contribution in [0.2, 0.25) is 0 Å². The van der Waals surface area contributed by atoms with Crippen LogP contribution in [-0.4, -0.2) is 35.1 Å². The summed E-state index contributed by atoms with van der Waals surface area (Å²) in [7, 11) is 0. The van der Waals surface area contributed by atoms with Crippen LogP contribution in [0.3, 0.4) is 0 Å². The largest absolute Gasteiger partial charge is 0.363 e. The molecule has 0 aromatic carbocycles. The molecule has 1 aromatic rings. The summed E-state index contributed by atoms with van der Waals surface area (Å²) in [6.45, 7) is 7.20. The van der Waals surface area contributed by atoms with Gasteiger partial charge in [0.2, 0.25) is 0 Å². The molecule has 0 spiro atoms. The normalized spacial score (nSPS) is 22.8. The van der Waals surface area contributed by atoms with Gasteiger partial charge in [0, 0.05) is 31.2 Å². The summed E-state index contributed by atoms with van der Waals surface area (Å²) in [4.78, 5) is 16.5. The minimum atomic E-state index is -0.460. The smallest absolute Gasteiger partial charge is 0.361 e. The highest BCUT2D eigenvalue weighted by atomic mass is 16.6. The second kappa shape index (κ2) is 6.17. The molecule has 1 fully saturated rings. The second-order valence-electron chi connectivity index (χ2n) is 5.56. The lowest BCUT2D eigenvalue weighted by atomic mass is 9.90. The van der Waals surface area contributed by atoms with Crippen molar-refractivity contribution < 1.29 is 4.92 Å². The van der Waals surface area contributed by atoms with Gasteiger partial charge in [-0.15, -0.1) is 0 Å². The maximum absolute atomic E-state index is 10.7. The predicted octanol–water partition coefficient (Wildman–Crippen LogP) is 2.35. The highest BCUT2D eigenvalue weighted by Gasteiger charge is 2.34. The van der Waals surface area contributed by atoms with Gasteiger partial charge < -0.3 is 20.3 Å². The zero-order valence-electron chi connectivity index (χ0n) is 12.1. The minimum Gasteiger partial charge on any atom is -0.361 e. The highest BCUT2D eigenvalue weighted by Crippen LogP contribution is 2.29. The van der Waals surface area contributed by atoms with Crippen LogP contribution in [-0.2, 0) is 0 Å². The standard InChI is InChI=1S/C14H22N4O2/c1-3-4-7-14(2)11-15-8-9-17(14)12-5-6-13(16-10-12)18(19)20/h5-6,10,15H,3-4,7-9,11H2,1-2H3/t14-/m1/s1. The Hall–Kier alpha value is -1.69. The Bertz CT molecular complexity index is 463. The van der Waals surface area contributed by atoms with E-state index in [0.29, 0.717) is 0 Å². The van der Waals surface area contributed by atoms with Gasteiger partial charge in [0.1, 0.15) is 0 Å². The number of rotatable bonds is 5. The van der Waals surface area contributed by atoms with Gasteiger partial charge in [-0.25, -0.2) is 0 Å². The van der Waals surface area contributed by atoms with E-state index in [2.05, 4.69) is 29.0 Å². The van der Waals surface area contributed by atoms with Crippen molar-refractivity contribution in [3.05, 3.63) is 28.4 Å². The first-order valence-corrected chi connectivity index (χ1v) is 7.15. The molecular formula is C14H22N4O2. The van der Waals surface area contributed by atoms with Gasteiger partial charge in [0.15, 0.2) is 6.20 Å². The first-order chi connectivity index (χ1) is 9.57. The third-order valence-corrected chi connectivity index (χ3v) is 3.97. The van der Waals surface area contributed by atoms with Crippen molar-refractivity contribution in [1.82, 2.24) is 10.3 Å². The van der Waals surface area contributed by atoms with Crippen LogP contribution in [0.5, 0.6) is 0 Å². The summed E-state index contributed by atoms with van der Waals surface area (Å²) in [6, 6.07) is 3.29. The monoisotopic (exact) mass is 278 g/mol. The Labute approximate surface area is 119 Å². The lowest BCUT2D eigenvalue weighted by Crippen LogP contribution is -2.60. The van der Waals surface area contributed by atoms with Crippen LogP contribution in [0.1, 0.15) is 33.1 Å². The molecule has 0 unspecified atom stereocenters. The van der Waals surface area contributed by atoms with Crippen LogP contribution in [0, 0.1) is 10.1 Å². The SMILES string of the molecule is CCCC[C@]1(C)CNCCN1c1ccc([N+](=O)[O-])nc1. The zero-order chi connectivity index (χ0) is 14.6. The molecule has 1 aliphatic rings. The Kier molecular flexibility index (Phi) is 4.54. The van der Waals surface area contributed by atoms with Gasteiger partial charge in [0.05, 0.1) is 5.69 Å². The molecule has 6 nitrogen and oxygen atoms in total. The summed E-state index contributed by atoms with van der Waals surface area (Å²) in [5.41, 5.74) is 1.02. The number of hydrogen-bond acceptors (Lipinski definition) is 5. The first-order valence-electron chi connectivity index (χ1n) is 7.15. The summed E-state index contributed by atoms with van der Waals surface area (Å²) >= 11 is 0. The molecule has 6 heteroatoms. The maximum atomic E-state index is 10.7. The molecule has 0 radical (unpaired) electrons. The fourth-order valence-corrected chi connectivity index (χ4v) is 2.78. The Morgan fingerprint density at radius 3 is 2.95 bits per heavy atom. The minimum absolute atomic E-state index is 0.0477. The average Bonchev–Trinajstić information content (AvgIpc) is 2.46. The van der Waals surface area contributed by atoms with Crippen molar-refractivity contribution in [2.24, 2.45) is 0 Å². The van der Waals surface area contributed by atoms with Gasteiger partial charge in [0.25, 0.3) is 0 Å². The van der Waals surface area contributed by atoms with E-state index in [0.717, 1.165) is 31.7 Å². The van der Waals surface area contributed by atoms with Crippen LogP contribution >= 0.6 is 0 Å². The predicted molar refractivity (Wildman–Crippen MR) is 79.0 cm³/mol. The van der Waals surface area contributed by atoms with Gasteiger partial charge in [-0.05, 0) is 29.3 Å². The molecule has 1 atom stereocenters.